The van der Waals surface area contributed by atoms with E-state index in [2.05, 4.69) is 10.1 Å². The Balaban J connectivity index is 1.97. The maximum Gasteiger partial charge on any atom is 0.349 e. The standard InChI is InChI=1S/C16H11Cl2N3O2S2/c1-24-10-2-4-11(5-3-10)25-15-12(17)6-9(7-13(15)18)21-16(23)20-14(22)8-19-21/h2-8H,1H3,(H,20,22,23). The highest BCUT2D eigenvalue weighted by atomic mass is 35.5. The molecule has 128 valence electrons. The van der Waals surface area contributed by atoms with Gasteiger partial charge < -0.3 is 0 Å². The summed E-state index contributed by atoms with van der Waals surface area (Å²) in [5.74, 6) is 0. The first-order valence-electron chi connectivity index (χ1n) is 6.98. The largest absolute Gasteiger partial charge is 0.349 e. The van der Waals surface area contributed by atoms with Gasteiger partial charge in [-0.15, -0.1) is 11.8 Å². The maximum atomic E-state index is 11.9. The number of hydrogen-bond acceptors (Lipinski definition) is 5. The molecule has 0 unspecified atom stereocenters. The van der Waals surface area contributed by atoms with E-state index in [1.807, 2.05) is 30.5 Å². The molecule has 0 fully saturated rings. The van der Waals surface area contributed by atoms with Crippen LogP contribution in [0.15, 0.2) is 66.9 Å². The molecule has 9 heteroatoms. The summed E-state index contributed by atoms with van der Waals surface area (Å²) in [7, 11) is 0. The number of rotatable bonds is 4. The van der Waals surface area contributed by atoms with Gasteiger partial charge in [0.1, 0.15) is 6.20 Å². The van der Waals surface area contributed by atoms with Crippen LogP contribution in [0.1, 0.15) is 0 Å². The normalized spacial score (nSPS) is 10.8. The molecule has 3 rings (SSSR count). The number of hydrogen-bond donors (Lipinski definition) is 1. The lowest BCUT2D eigenvalue weighted by Gasteiger charge is -2.10. The summed E-state index contributed by atoms with van der Waals surface area (Å²) in [6.45, 7) is 0. The highest BCUT2D eigenvalue weighted by Crippen LogP contribution is 2.40. The molecule has 1 aromatic heterocycles. The zero-order chi connectivity index (χ0) is 18.0. The number of benzene rings is 2. The van der Waals surface area contributed by atoms with Gasteiger partial charge in [0.05, 0.1) is 15.7 Å². The minimum Gasteiger partial charge on any atom is -0.271 e. The Hall–Kier alpha value is -1.67. The average Bonchev–Trinajstić information content (AvgIpc) is 2.58. The summed E-state index contributed by atoms with van der Waals surface area (Å²) in [6.07, 6.45) is 3.03. The van der Waals surface area contributed by atoms with E-state index in [9.17, 15) is 9.59 Å². The Bertz CT molecular complexity index is 1010. The number of H-pyrrole nitrogens is 1. The lowest BCUT2D eigenvalue weighted by molar-refractivity contribution is 0.749. The van der Waals surface area contributed by atoms with Gasteiger partial charge in [0.25, 0.3) is 5.56 Å². The molecule has 0 spiro atoms. The van der Waals surface area contributed by atoms with Crippen molar-refractivity contribution in [1.29, 1.82) is 0 Å². The Kier molecular flexibility index (Phi) is 5.58. The molecular weight excluding hydrogens is 401 g/mol. The maximum absolute atomic E-state index is 11.9. The number of nitrogens with zero attached hydrogens (tertiary/aromatic N) is 2. The third-order valence-corrected chi connectivity index (χ3v) is 5.94. The Labute approximate surface area is 161 Å². The summed E-state index contributed by atoms with van der Waals surface area (Å²) in [4.78, 5) is 28.0. The first kappa shape index (κ1) is 18.1. The van der Waals surface area contributed by atoms with Crippen LogP contribution in [-0.4, -0.2) is 21.0 Å². The summed E-state index contributed by atoms with van der Waals surface area (Å²) in [5, 5.41) is 4.58. The second-order valence-corrected chi connectivity index (χ2v) is 7.64. The fourth-order valence-electron chi connectivity index (χ4n) is 2.07. The topological polar surface area (TPSA) is 67.8 Å². The van der Waals surface area contributed by atoms with E-state index in [-0.39, 0.29) is 0 Å². The Morgan fingerprint density at radius 1 is 1.04 bits per heavy atom. The molecule has 0 saturated carbocycles. The fourth-order valence-corrected chi connectivity index (χ4v) is 4.00. The Morgan fingerprint density at radius 2 is 1.64 bits per heavy atom. The monoisotopic (exact) mass is 411 g/mol. The molecule has 5 nitrogen and oxygen atoms in total. The first-order chi connectivity index (χ1) is 12.0. The van der Waals surface area contributed by atoms with Crippen LogP contribution in [0.2, 0.25) is 10.0 Å². The van der Waals surface area contributed by atoms with Crippen molar-refractivity contribution in [2.45, 2.75) is 14.7 Å². The van der Waals surface area contributed by atoms with E-state index in [0.717, 1.165) is 15.8 Å². The van der Waals surface area contributed by atoms with Crippen LogP contribution in [0, 0.1) is 0 Å². The van der Waals surface area contributed by atoms with Crippen molar-refractivity contribution < 1.29 is 0 Å². The van der Waals surface area contributed by atoms with Crippen LogP contribution >= 0.6 is 46.7 Å². The zero-order valence-electron chi connectivity index (χ0n) is 12.8. The number of aromatic amines is 1. The van der Waals surface area contributed by atoms with E-state index in [1.165, 1.54) is 16.7 Å². The molecule has 25 heavy (non-hydrogen) atoms. The summed E-state index contributed by atoms with van der Waals surface area (Å²) >= 11 is 15.8. The average molecular weight is 412 g/mol. The van der Waals surface area contributed by atoms with E-state index < -0.39 is 11.2 Å². The van der Waals surface area contributed by atoms with Crippen molar-refractivity contribution >= 4 is 46.7 Å². The molecule has 0 atom stereocenters. The van der Waals surface area contributed by atoms with Gasteiger partial charge in [-0.1, -0.05) is 35.0 Å². The second-order valence-electron chi connectivity index (χ2n) is 4.87. The molecule has 0 radical (unpaired) electrons. The van der Waals surface area contributed by atoms with Crippen molar-refractivity contribution in [3.05, 3.63) is 73.5 Å². The predicted molar refractivity (Wildman–Crippen MR) is 103 cm³/mol. The smallest absolute Gasteiger partial charge is 0.271 e. The minimum atomic E-state index is -0.660. The van der Waals surface area contributed by atoms with Gasteiger partial charge >= 0.3 is 5.69 Å². The molecule has 0 aliphatic rings. The molecule has 0 aliphatic heterocycles. The van der Waals surface area contributed by atoms with Gasteiger partial charge in [-0.3, -0.25) is 9.78 Å². The zero-order valence-corrected chi connectivity index (χ0v) is 16.0. The van der Waals surface area contributed by atoms with E-state index in [0.29, 0.717) is 20.6 Å². The van der Waals surface area contributed by atoms with Gasteiger partial charge in [-0.05, 0) is 42.7 Å². The highest BCUT2D eigenvalue weighted by Gasteiger charge is 2.13. The van der Waals surface area contributed by atoms with E-state index in [4.69, 9.17) is 23.2 Å². The third-order valence-electron chi connectivity index (χ3n) is 3.22. The number of aromatic nitrogens is 3. The quantitative estimate of drug-likeness (QED) is 0.654. The minimum absolute atomic E-state index is 0.373. The fraction of sp³-hybridized carbons (Fsp3) is 0.0625. The van der Waals surface area contributed by atoms with E-state index in [1.54, 1.807) is 23.9 Å². The van der Waals surface area contributed by atoms with Crippen LogP contribution in [0.4, 0.5) is 0 Å². The molecule has 3 aromatic rings. The van der Waals surface area contributed by atoms with Crippen molar-refractivity contribution in [3.63, 3.8) is 0 Å². The van der Waals surface area contributed by atoms with Crippen LogP contribution in [0.25, 0.3) is 5.69 Å². The molecular formula is C16H11Cl2N3O2S2. The summed E-state index contributed by atoms with van der Waals surface area (Å²) in [5.41, 5.74) is -0.856. The number of thioether (sulfide) groups is 1. The molecule has 0 bridgehead atoms. The molecule has 0 saturated heterocycles. The molecule has 0 amide bonds. The van der Waals surface area contributed by atoms with Crippen molar-refractivity contribution in [1.82, 2.24) is 14.8 Å². The van der Waals surface area contributed by atoms with Crippen LogP contribution in [0.3, 0.4) is 0 Å². The number of halogens is 2. The second kappa shape index (κ2) is 7.70. The Morgan fingerprint density at radius 3 is 2.20 bits per heavy atom. The third kappa shape index (κ3) is 4.12. The summed E-state index contributed by atoms with van der Waals surface area (Å²) in [6, 6.07) is 11.2. The van der Waals surface area contributed by atoms with Crippen LogP contribution < -0.4 is 11.2 Å². The lowest BCUT2D eigenvalue weighted by Crippen LogP contribution is -2.30. The molecule has 2 aromatic carbocycles. The van der Waals surface area contributed by atoms with E-state index >= 15 is 0 Å². The van der Waals surface area contributed by atoms with Crippen LogP contribution in [-0.2, 0) is 0 Å². The van der Waals surface area contributed by atoms with Gasteiger partial charge in [0, 0.05) is 14.7 Å². The molecule has 0 aliphatic carbocycles. The highest BCUT2D eigenvalue weighted by molar-refractivity contribution is 7.99. The first-order valence-corrected chi connectivity index (χ1v) is 9.77. The van der Waals surface area contributed by atoms with Crippen LogP contribution in [0.5, 0.6) is 0 Å². The molecule has 1 heterocycles. The van der Waals surface area contributed by atoms with Crippen molar-refractivity contribution in [2.24, 2.45) is 0 Å². The van der Waals surface area contributed by atoms with Gasteiger partial charge in [0.2, 0.25) is 0 Å². The van der Waals surface area contributed by atoms with Crippen molar-refractivity contribution in [2.75, 3.05) is 6.26 Å². The SMILES string of the molecule is CSc1ccc(Sc2c(Cl)cc(-n3ncc(=O)[nH]c3=O)cc2Cl)cc1. The summed E-state index contributed by atoms with van der Waals surface area (Å²) < 4.78 is 1.03. The lowest BCUT2D eigenvalue weighted by atomic mass is 10.3. The predicted octanol–water partition coefficient (Wildman–Crippen LogP) is 4.10. The van der Waals surface area contributed by atoms with Gasteiger partial charge in [-0.2, -0.15) is 9.78 Å². The van der Waals surface area contributed by atoms with Gasteiger partial charge in [-0.25, -0.2) is 4.79 Å². The van der Waals surface area contributed by atoms with Gasteiger partial charge in [0.15, 0.2) is 0 Å². The number of nitrogens with one attached hydrogen (secondary N) is 1. The van der Waals surface area contributed by atoms with Crippen molar-refractivity contribution in [3.8, 4) is 5.69 Å². The molecule has 1 N–H and O–H groups in total.